The molecular formula is C67H94I3N3O18. The van der Waals surface area contributed by atoms with Crippen molar-refractivity contribution in [1.29, 1.82) is 0 Å². The van der Waals surface area contributed by atoms with Gasteiger partial charge in [-0.2, -0.15) is 0 Å². The summed E-state index contributed by atoms with van der Waals surface area (Å²) in [5.41, 5.74) is 2.18. The van der Waals surface area contributed by atoms with Gasteiger partial charge in [0.15, 0.2) is 0 Å². The van der Waals surface area contributed by atoms with E-state index in [-0.39, 0.29) is 98.7 Å². The number of ketones is 3. The number of nitrogens with one attached hydrogen (secondary N) is 2. The maximum atomic E-state index is 14.7. The molecule has 1 aromatic rings. The predicted octanol–water partition coefficient (Wildman–Crippen LogP) is 10.3. The first kappa shape index (κ1) is 77.7. The summed E-state index contributed by atoms with van der Waals surface area (Å²) in [5, 5.41) is 29.1. The van der Waals surface area contributed by atoms with Crippen LogP contribution in [-0.2, 0) is 71.5 Å². The van der Waals surface area contributed by atoms with Crippen LogP contribution in [0, 0.1) is 52.1 Å². The highest BCUT2D eigenvalue weighted by atomic mass is 127. The van der Waals surface area contributed by atoms with Crippen molar-refractivity contribution in [1.82, 2.24) is 4.90 Å². The number of hydrogen-bond donors (Lipinski definition) is 4. The van der Waals surface area contributed by atoms with Gasteiger partial charge in [0.1, 0.15) is 36.4 Å². The zero-order valence-electron chi connectivity index (χ0n) is 54.6. The molecule has 0 spiro atoms. The molecule has 15 atom stereocenters. The van der Waals surface area contributed by atoms with Gasteiger partial charge < -0.3 is 58.9 Å². The van der Waals surface area contributed by atoms with E-state index in [2.05, 4.69) is 10.6 Å². The molecule has 0 radical (unpaired) electrons. The summed E-state index contributed by atoms with van der Waals surface area (Å²) in [6.07, 6.45) is 11.3. The molecule has 21 nitrogen and oxygen atoms in total. The van der Waals surface area contributed by atoms with E-state index in [4.69, 9.17) is 33.2 Å². The molecule has 2 saturated heterocycles. The van der Waals surface area contributed by atoms with Crippen LogP contribution in [0.15, 0.2) is 47.6 Å². The van der Waals surface area contributed by atoms with Crippen molar-refractivity contribution in [2.45, 2.75) is 201 Å². The number of anilines is 2. The first-order chi connectivity index (χ1) is 42.9. The number of piperidine rings is 1. The first-order valence-corrected chi connectivity index (χ1v) is 34.8. The van der Waals surface area contributed by atoms with Crippen LogP contribution in [0.25, 0.3) is 0 Å². The van der Waals surface area contributed by atoms with Crippen molar-refractivity contribution in [3.63, 3.8) is 0 Å². The molecule has 4 aliphatic rings. The smallest absolute Gasteiger partial charge is 0.340 e. The predicted molar refractivity (Wildman–Crippen MR) is 366 cm³/mol. The minimum atomic E-state index is -2.48. The zero-order valence-corrected chi connectivity index (χ0v) is 61.0. The summed E-state index contributed by atoms with van der Waals surface area (Å²) in [6.45, 7) is 16.8. The van der Waals surface area contributed by atoms with E-state index in [0.29, 0.717) is 85.4 Å². The summed E-state index contributed by atoms with van der Waals surface area (Å²) in [7, 11) is 3.10. The summed E-state index contributed by atoms with van der Waals surface area (Å²) < 4.78 is 42.8. The van der Waals surface area contributed by atoms with Crippen LogP contribution in [-0.4, -0.2) is 157 Å². The number of carbonyl (C=O) groups is 9. The SMILES string of the molecule is CO[C@H]1C[C@@H]2CC[C@@H](C)[C@@](O)(O2)C(=O)C(=O)N2CCCC[C@H]2C(=O)O[C@H]([C@H](C)C[C@@H]2CC[C@@H](OC(=O)CCOCCOC(=O)c3c(I)c(NC(C)=O)c(I)c(NC(C)=O)c3I)[C@H](OC)C2)CC(=O)[C@H](C)/C=C(\C)[C@@H](O)[C@@H](C)C(=O)[C@H](C)C[C@H](C)/C=C/C=C/C=C/1C. The van der Waals surface area contributed by atoms with Crippen LogP contribution >= 0.6 is 67.8 Å². The maximum Gasteiger partial charge on any atom is 0.340 e. The number of halogens is 3. The van der Waals surface area contributed by atoms with Gasteiger partial charge in [-0.15, -0.1) is 0 Å². The van der Waals surface area contributed by atoms with E-state index < -0.39 is 102 Å². The highest BCUT2D eigenvalue weighted by Crippen LogP contribution is 2.41. The first-order valence-electron chi connectivity index (χ1n) is 31.6. The summed E-state index contributed by atoms with van der Waals surface area (Å²) in [6, 6.07) is -1.21. The Balaban J connectivity index is 1.29. The summed E-state index contributed by atoms with van der Waals surface area (Å²) in [4.78, 5) is 124. The Labute approximate surface area is 576 Å². The molecule has 0 unspecified atom stereocenters. The van der Waals surface area contributed by atoms with E-state index in [1.54, 1.807) is 40.9 Å². The van der Waals surface area contributed by atoms with Crippen molar-refractivity contribution >= 4 is 132 Å². The molecule has 506 valence electrons. The van der Waals surface area contributed by atoms with Gasteiger partial charge in [0.25, 0.3) is 11.7 Å². The number of methoxy groups -OCH3 is 2. The van der Waals surface area contributed by atoms with Crippen molar-refractivity contribution in [2.24, 2.45) is 41.4 Å². The van der Waals surface area contributed by atoms with Crippen LogP contribution in [0.1, 0.15) is 163 Å². The van der Waals surface area contributed by atoms with Gasteiger partial charge in [0.05, 0.1) is 71.7 Å². The van der Waals surface area contributed by atoms with Gasteiger partial charge in [0, 0.05) is 71.1 Å². The number of amides is 3. The third-order valence-electron chi connectivity index (χ3n) is 17.9. The lowest BCUT2D eigenvalue weighted by Gasteiger charge is -2.42. The van der Waals surface area contributed by atoms with E-state index in [0.717, 1.165) is 5.57 Å². The molecule has 5 rings (SSSR count). The minimum Gasteiger partial charge on any atom is -0.460 e. The average Bonchev–Trinajstić information content (AvgIpc) is 0.848. The fraction of sp³-hybridized carbons (Fsp3) is 0.657. The van der Waals surface area contributed by atoms with Crippen molar-refractivity contribution in [2.75, 3.05) is 51.2 Å². The Morgan fingerprint density at radius 1 is 0.791 bits per heavy atom. The number of cyclic esters (lactones) is 1. The number of ether oxygens (including phenoxy) is 7. The fourth-order valence-corrected chi connectivity index (χ4v) is 16.6. The number of allylic oxidation sites excluding steroid dienone is 6. The fourth-order valence-electron chi connectivity index (χ4n) is 12.5. The highest BCUT2D eigenvalue weighted by Gasteiger charge is 2.53. The zero-order chi connectivity index (χ0) is 67.6. The second-order valence-electron chi connectivity index (χ2n) is 25.1. The Hall–Kier alpha value is -4.04. The number of nitrogens with zero attached hydrogens (tertiary/aromatic N) is 1. The lowest BCUT2D eigenvalue weighted by atomic mass is 9.78. The van der Waals surface area contributed by atoms with Gasteiger partial charge in [-0.3, -0.25) is 33.6 Å². The molecule has 3 fully saturated rings. The Morgan fingerprint density at radius 2 is 1.46 bits per heavy atom. The van der Waals surface area contributed by atoms with E-state index in [9.17, 15) is 53.4 Å². The van der Waals surface area contributed by atoms with E-state index in [1.165, 1.54) is 25.9 Å². The average molecular weight is 1610 g/mol. The van der Waals surface area contributed by atoms with Gasteiger partial charge in [-0.1, -0.05) is 78.0 Å². The van der Waals surface area contributed by atoms with E-state index >= 15 is 0 Å². The standard InChI is InChI=1S/C67H94I3N3O18/c1-36-18-14-13-15-19-37(2)51(85-11)34-47-23-21-42(7)67(84,91-47)63(80)64(81)73-26-17-16-20-48(73)65(82)90-52(35-49(76)38(3)31-41(6)62(79)43(8)61(78)40(5)30-36)39(4)32-46-22-24-50(53(33-46)86-12)89-54(77)25-27-87-28-29-88-66(83)55-56(68)59(71-44(9)74)58(70)60(57(55)69)72-45(10)75/h13-15,18-19,31,36,38-40,42-43,46-48,50-53,62,79,84H,16-17,20-30,32-35H2,1-12H3,(H,71,74)(H,72,75)/b15-13+,18-14+,37-19+,41-31+/t36-,38-,39-,40-,42-,43+,46+,47+,48+,50-,51+,52+,53-,62-,67-/m1/s1. The number of aliphatic hydroxyl groups is 2. The molecule has 1 saturated carbocycles. The third-order valence-corrected chi connectivity index (χ3v) is 21.1. The van der Waals surface area contributed by atoms with Gasteiger partial charge in [-0.25, -0.2) is 9.59 Å². The largest absolute Gasteiger partial charge is 0.460 e. The van der Waals surface area contributed by atoms with Crippen molar-refractivity contribution in [3.05, 3.63) is 63.9 Å². The molecular weight excluding hydrogens is 1520 g/mol. The number of fused-ring (bicyclic) bond motifs is 3. The minimum absolute atomic E-state index is 0.0320. The third kappa shape index (κ3) is 21.7. The van der Waals surface area contributed by atoms with Crippen molar-refractivity contribution in [3.8, 4) is 0 Å². The molecule has 3 aliphatic heterocycles. The van der Waals surface area contributed by atoms with E-state index in [1.807, 2.05) is 126 Å². The molecule has 1 aliphatic carbocycles. The Bertz CT molecular complexity index is 2870. The molecule has 0 aromatic heterocycles. The lowest BCUT2D eigenvalue weighted by Crippen LogP contribution is -2.61. The monoisotopic (exact) mass is 1610 g/mol. The van der Waals surface area contributed by atoms with Crippen LogP contribution in [0.3, 0.4) is 0 Å². The number of benzene rings is 1. The number of aliphatic hydroxyl groups excluding tert-OH is 1. The molecule has 24 heteroatoms. The molecule has 3 heterocycles. The summed E-state index contributed by atoms with van der Waals surface area (Å²) >= 11 is 5.89. The van der Waals surface area contributed by atoms with Gasteiger partial charge >= 0.3 is 17.9 Å². The van der Waals surface area contributed by atoms with Crippen LogP contribution in [0.4, 0.5) is 11.4 Å². The summed E-state index contributed by atoms with van der Waals surface area (Å²) in [5.74, 6) is -11.0. The topological polar surface area (TPSA) is 286 Å². The number of rotatable bonds is 15. The Kier molecular flexibility index (Phi) is 31.4. The van der Waals surface area contributed by atoms with Crippen LogP contribution < -0.4 is 10.6 Å². The van der Waals surface area contributed by atoms with Crippen LogP contribution in [0.5, 0.6) is 0 Å². The normalized spacial score (nSPS) is 31.9. The highest BCUT2D eigenvalue weighted by molar-refractivity contribution is 14.1. The molecule has 91 heavy (non-hydrogen) atoms. The van der Waals surface area contributed by atoms with Crippen molar-refractivity contribution < 1.29 is 86.5 Å². The van der Waals surface area contributed by atoms with Crippen LogP contribution in [0.2, 0.25) is 0 Å². The number of carbonyl (C=O) groups excluding carboxylic acids is 9. The second kappa shape index (κ2) is 36.7. The van der Waals surface area contributed by atoms with Gasteiger partial charge in [0.2, 0.25) is 17.6 Å². The maximum absolute atomic E-state index is 14.7. The number of hydrogen-bond acceptors (Lipinski definition) is 18. The quantitative estimate of drug-likeness (QED) is 0.0317. The molecule has 1 aromatic carbocycles. The lowest BCUT2D eigenvalue weighted by molar-refractivity contribution is -0.265. The number of esters is 3. The Morgan fingerprint density at radius 3 is 2.10 bits per heavy atom. The number of Topliss-reactive ketones (excluding diaryl/α,β-unsaturated/α-hetero) is 3. The second-order valence-corrected chi connectivity index (χ2v) is 28.3. The molecule has 4 N–H and O–H groups in total. The van der Waals surface area contributed by atoms with Gasteiger partial charge in [-0.05, 0) is 175 Å². The molecule has 2 bridgehead atoms. The molecule has 3 amide bonds.